The maximum Gasteiger partial charge on any atom is 0.271 e. The second-order valence-corrected chi connectivity index (χ2v) is 12.4. The molecule has 10 nitrogen and oxygen atoms in total. The molecule has 0 radical (unpaired) electrons. The molecule has 0 bridgehead atoms. The van der Waals surface area contributed by atoms with E-state index in [0.717, 1.165) is 32.2 Å². The Morgan fingerprint density at radius 2 is 1.62 bits per heavy atom. The highest BCUT2D eigenvalue weighted by Crippen LogP contribution is 2.24. The average Bonchev–Trinajstić information content (AvgIpc) is 2.88. The molecule has 0 aromatic heterocycles. The summed E-state index contributed by atoms with van der Waals surface area (Å²) in [5.74, 6) is -1.03. The van der Waals surface area contributed by atoms with E-state index < -0.39 is 33.4 Å². The minimum absolute atomic E-state index is 0.0217. The first kappa shape index (κ1) is 30.8. The van der Waals surface area contributed by atoms with Gasteiger partial charge >= 0.3 is 0 Å². The number of halogens is 1. The molecule has 0 aliphatic carbocycles. The summed E-state index contributed by atoms with van der Waals surface area (Å²) in [5.41, 5.74) is 1.19. The molecule has 0 spiro atoms. The summed E-state index contributed by atoms with van der Waals surface area (Å²) >= 11 is 3.43. The van der Waals surface area contributed by atoms with Crippen molar-refractivity contribution in [3.05, 3.63) is 105 Å². The van der Waals surface area contributed by atoms with E-state index in [-0.39, 0.29) is 36.3 Å². The van der Waals surface area contributed by atoms with Crippen LogP contribution in [0.3, 0.4) is 0 Å². The number of nitro benzene ring substituents is 1. The Morgan fingerprint density at radius 3 is 2.23 bits per heavy atom. The third kappa shape index (κ3) is 8.62. The van der Waals surface area contributed by atoms with Crippen LogP contribution in [0.2, 0.25) is 0 Å². The molecule has 40 heavy (non-hydrogen) atoms. The van der Waals surface area contributed by atoms with Crippen LogP contribution in [-0.2, 0) is 32.6 Å². The van der Waals surface area contributed by atoms with E-state index in [1.807, 2.05) is 56.3 Å². The summed E-state index contributed by atoms with van der Waals surface area (Å²) in [6.45, 7) is 2.99. The summed E-state index contributed by atoms with van der Waals surface area (Å²) in [6.07, 6.45) is 1.11. The number of nitrogens with one attached hydrogen (secondary N) is 1. The molecule has 3 aromatic rings. The lowest BCUT2D eigenvalue weighted by Gasteiger charge is -2.34. The van der Waals surface area contributed by atoms with Gasteiger partial charge in [0.05, 0.1) is 16.9 Å². The van der Waals surface area contributed by atoms with Gasteiger partial charge in [0.15, 0.2) is 0 Å². The molecule has 0 fully saturated rings. The molecule has 0 aliphatic heterocycles. The quantitative estimate of drug-likeness (QED) is 0.235. The molecular formula is C28H31BrN4O6S. The second-order valence-electron chi connectivity index (χ2n) is 9.57. The van der Waals surface area contributed by atoms with Gasteiger partial charge in [-0.15, -0.1) is 0 Å². The van der Waals surface area contributed by atoms with Crippen LogP contribution in [0.25, 0.3) is 0 Å². The van der Waals surface area contributed by atoms with E-state index in [4.69, 9.17) is 0 Å². The molecule has 212 valence electrons. The van der Waals surface area contributed by atoms with Gasteiger partial charge in [-0.05, 0) is 43.2 Å². The SMILES string of the molecule is CC(C)NC(=O)[C@@H](Cc1ccccc1)N(Cc1cccc(Br)c1)C(=O)CN(c1cccc([N+](=O)[O-])c1)S(C)(=O)=O. The normalized spacial score (nSPS) is 12.0. The van der Waals surface area contributed by atoms with Gasteiger partial charge in [-0.2, -0.15) is 0 Å². The van der Waals surface area contributed by atoms with Crippen LogP contribution in [-0.4, -0.2) is 54.9 Å². The standard InChI is InChI=1S/C28H31BrN4O6S/c1-20(2)30-28(35)26(16-21-9-5-4-6-10-21)31(18-22-11-7-12-23(29)15-22)27(34)19-32(40(3,38)39)24-13-8-14-25(17-24)33(36)37/h4-15,17,20,26H,16,18-19H2,1-3H3,(H,30,35)/t26-/m1/s1. The topological polar surface area (TPSA) is 130 Å². The van der Waals surface area contributed by atoms with Crippen molar-refractivity contribution in [2.75, 3.05) is 17.1 Å². The van der Waals surface area contributed by atoms with Gasteiger partial charge in [0.1, 0.15) is 12.6 Å². The van der Waals surface area contributed by atoms with Gasteiger partial charge in [0, 0.05) is 35.6 Å². The zero-order valence-corrected chi connectivity index (χ0v) is 24.8. The highest BCUT2D eigenvalue weighted by molar-refractivity contribution is 9.10. The number of benzene rings is 3. The van der Waals surface area contributed by atoms with Crippen LogP contribution < -0.4 is 9.62 Å². The Morgan fingerprint density at radius 1 is 0.975 bits per heavy atom. The van der Waals surface area contributed by atoms with Gasteiger partial charge in [0.25, 0.3) is 5.69 Å². The number of amides is 2. The molecular weight excluding hydrogens is 600 g/mol. The molecule has 12 heteroatoms. The first-order chi connectivity index (χ1) is 18.8. The first-order valence-electron chi connectivity index (χ1n) is 12.5. The Kier molecular flexibility index (Phi) is 10.4. The minimum Gasteiger partial charge on any atom is -0.352 e. The van der Waals surface area contributed by atoms with Crippen molar-refractivity contribution in [1.82, 2.24) is 10.2 Å². The molecule has 0 saturated carbocycles. The van der Waals surface area contributed by atoms with Crippen LogP contribution in [0.15, 0.2) is 83.3 Å². The number of hydrogen-bond acceptors (Lipinski definition) is 6. The lowest BCUT2D eigenvalue weighted by molar-refractivity contribution is -0.384. The Bertz CT molecular complexity index is 1470. The molecule has 0 aliphatic rings. The van der Waals surface area contributed by atoms with Crippen LogP contribution in [0.1, 0.15) is 25.0 Å². The van der Waals surface area contributed by atoms with Crippen LogP contribution in [0.5, 0.6) is 0 Å². The summed E-state index contributed by atoms with van der Waals surface area (Å²) in [4.78, 5) is 39.6. The number of carbonyl (C=O) groups excluding carboxylic acids is 2. The molecule has 3 rings (SSSR count). The van der Waals surface area contributed by atoms with Crippen molar-refractivity contribution in [2.45, 2.75) is 38.9 Å². The first-order valence-corrected chi connectivity index (χ1v) is 15.1. The van der Waals surface area contributed by atoms with Crippen molar-refractivity contribution >= 4 is 49.1 Å². The van der Waals surface area contributed by atoms with Crippen LogP contribution in [0, 0.1) is 10.1 Å². The Labute approximate surface area is 242 Å². The van der Waals surface area contributed by atoms with Crippen LogP contribution in [0.4, 0.5) is 11.4 Å². The van der Waals surface area contributed by atoms with E-state index in [1.54, 1.807) is 12.1 Å². The van der Waals surface area contributed by atoms with Crippen molar-refractivity contribution in [3.8, 4) is 0 Å². The fraction of sp³-hybridized carbons (Fsp3) is 0.286. The Hall–Kier alpha value is -3.77. The van der Waals surface area contributed by atoms with Gasteiger partial charge in [0.2, 0.25) is 21.8 Å². The monoisotopic (exact) mass is 630 g/mol. The Balaban J connectivity index is 2.07. The number of rotatable bonds is 12. The fourth-order valence-electron chi connectivity index (χ4n) is 4.14. The number of non-ortho nitro benzene ring substituents is 1. The molecule has 1 N–H and O–H groups in total. The number of hydrogen-bond donors (Lipinski definition) is 1. The summed E-state index contributed by atoms with van der Waals surface area (Å²) < 4.78 is 27.2. The molecule has 1 atom stereocenters. The molecule has 3 aromatic carbocycles. The number of sulfonamides is 1. The number of carbonyl (C=O) groups is 2. The maximum absolute atomic E-state index is 14.0. The zero-order chi connectivity index (χ0) is 29.4. The average molecular weight is 632 g/mol. The molecule has 0 heterocycles. The predicted molar refractivity (Wildman–Crippen MR) is 157 cm³/mol. The number of nitro groups is 1. The third-order valence-corrected chi connectivity index (χ3v) is 7.59. The second kappa shape index (κ2) is 13.5. The largest absolute Gasteiger partial charge is 0.352 e. The molecule has 0 saturated heterocycles. The van der Waals surface area contributed by atoms with Crippen molar-refractivity contribution < 1.29 is 22.9 Å². The maximum atomic E-state index is 14.0. The lowest BCUT2D eigenvalue weighted by atomic mass is 10.0. The van der Waals surface area contributed by atoms with Crippen molar-refractivity contribution in [1.29, 1.82) is 0 Å². The third-order valence-electron chi connectivity index (χ3n) is 5.95. The number of nitrogens with zero attached hydrogens (tertiary/aromatic N) is 3. The van der Waals surface area contributed by atoms with E-state index in [9.17, 15) is 28.1 Å². The number of anilines is 1. The lowest BCUT2D eigenvalue weighted by Crippen LogP contribution is -2.54. The fourth-order valence-corrected chi connectivity index (χ4v) is 5.43. The van der Waals surface area contributed by atoms with Crippen molar-refractivity contribution in [2.24, 2.45) is 0 Å². The zero-order valence-electron chi connectivity index (χ0n) is 22.4. The smallest absolute Gasteiger partial charge is 0.271 e. The van der Waals surface area contributed by atoms with E-state index in [1.165, 1.54) is 23.1 Å². The summed E-state index contributed by atoms with van der Waals surface area (Å²) in [6, 6.07) is 20.4. The molecule has 2 amide bonds. The van der Waals surface area contributed by atoms with E-state index >= 15 is 0 Å². The molecule has 0 unspecified atom stereocenters. The van der Waals surface area contributed by atoms with Gasteiger partial charge < -0.3 is 10.2 Å². The van der Waals surface area contributed by atoms with Gasteiger partial charge in [-0.3, -0.25) is 24.0 Å². The van der Waals surface area contributed by atoms with Gasteiger partial charge in [-0.1, -0.05) is 64.5 Å². The highest BCUT2D eigenvalue weighted by atomic mass is 79.9. The van der Waals surface area contributed by atoms with Crippen LogP contribution >= 0.6 is 15.9 Å². The van der Waals surface area contributed by atoms with E-state index in [2.05, 4.69) is 21.2 Å². The predicted octanol–water partition coefficient (Wildman–Crippen LogP) is 4.29. The minimum atomic E-state index is -4.04. The van der Waals surface area contributed by atoms with Crippen molar-refractivity contribution in [3.63, 3.8) is 0 Å². The summed E-state index contributed by atoms with van der Waals surface area (Å²) in [7, 11) is -4.04. The van der Waals surface area contributed by atoms with Gasteiger partial charge in [-0.25, -0.2) is 8.42 Å². The highest BCUT2D eigenvalue weighted by Gasteiger charge is 2.33. The van der Waals surface area contributed by atoms with E-state index in [0.29, 0.717) is 0 Å². The summed E-state index contributed by atoms with van der Waals surface area (Å²) in [5, 5.41) is 14.2.